The fourth-order valence-electron chi connectivity index (χ4n) is 2.92. The van der Waals surface area contributed by atoms with Crippen LogP contribution in [0.4, 0.5) is 5.69 Å². The number of carbonyl (C=O) groups excluding carboxylic acids is 2. The monoisotopic (exact) mass is 336 g/mol. The summed E-state index contributed by atoms with van der Waals surface area (Å²) in [6.07, 6.45) is 0.473. The van der Waals surface area contributed by atoms with E-state index < -0.39 is 5.91 Å². The lowest BCUT2D eigenvalue weighted by molar-refractivity contribution is -0.128. The Kier molecular flexibility index (Phi) is 4.79. The zero-order chi connectivity index (χ0) is 17.8. The third kappa shape index (κ3) is 3.68. The molecule has 6 nitrogen and oxygen atoms in total. The predicted octanol–water partition coefficient (Wildman–Crippen LogP) is 1.94. The SMILES string of the molecule is CN(CC(N)=O)C(=O)C1=NN(c2ccccc2)[C@H](c2ccccc2)C1. The van der Waals surface area contributed by atoms with Gasteiger partial charge >= 0.3 is 0 Å². The van der Waals surface area contributed by atoms with E-state index in [0.717, 1.165) is 11.3 Å². The Morgan fingerprint density at radius 3 is 2.32 bits per heavy atom. The maximum atomic E-state index is 12.6. The maximum Gasteiger partial charge on any atom is 0.270 e. The van der Waals surface area contributed by atoms with Crippen molar-refractivity contribution in [3.8, 4) is 0 Å². The highest BCUT2D eigenvalue weighted by molar-refractivity contribution is 6.39. The van der Waals surface area contributed by atoms with Gasteiger partial charge in [0.1, 0.15) is 5.71 Å². The van der Waals surface area contributed by atoms with Crippen molar-refractivity contribution >= 4 is 23.2 Å². The van der Waals surface area contributed by atoms with E-state index >= 15 is 0 Å². The molecule has 128 valence electrons. The molecule has 0 saturated carbocycles. The molecule has 0 aromatic heterocycles. The number of nitrogens with two attached hydrogens (primary N) is 1. The molecule has 6 heteroatoms. The van der Waals surface area contributed by atoms with Crippen LogP contribution in [0, 0.1) is 0 Å². The van der Waals surface area contributed by atoms with Gasteiger partial charge in [0.05, 0.1) is 18.3 Å². The highest BCUT2D eigenvalue weighted by atomic mass is 16.2. The van der Waals surface area contributed by atoms with Crippen molar-refractivity contribution in [2.24, 2.45) is 10.8 Å². The van der Waals surface area contributed by atoms with Crippen molar-refractivity contribution in [1.82, 2.24) is 4.90 Å². The summed E-state index contributed by atoms with van der Waals surface area (Å²) in [5.41, 5.74) is 7.59. The second kappa shape index (κ2) is 7.17. The number of benzene rings is 2. The minimum atomic E-state index is -0.547. The molecule has 2 N–H and O–H groups in total. The molecule has 3 rings (SSSR count). The second-order valence-corrected chi connectivity index (χ2v) is 5.98. The molecular weight excluding hydrogens is 316 g/mol. The van der Waals surface area contributed by atoms with Gasteiger partial charge in [-0.05, 0) is 17.7 Å². The Morgan fingerprint density at radius 1 is 1.12 bits per heavy atom. The van der Waals surface area contributed by atoms with Crippen LogP contribution in [0.2, 0.25) is 0 Å². The molecule has 1 heterocycles. The van der Waals surface area contributed by atoms with E-state index in [-0.39, 0.29) is 18.5 Å². The fourth-order valence-corrected chi connectivity index (χ4v) is 2.92. The minimum Gasteiger partial charge on any atom is -0.368 e. The summed E-state index contributed by atoms with van der Waals surface area (Å²) in [7, 11) is 1.55. The van der Waals surface area contributed by atoms with Crippen molar-refractivity contribution in [1.29, 1.82) is 0 Å². The van der Waals surface area contributed by atoms with Gasteiger partial charge in [-0.1, -0.05) is 48.5 Å². The van der Waals surface area contributed by atoms with E-state index in [9.17, 15) is 9.59 Å². The average Bonchev–Trinajstić information content (AvgIpc) is 3.07. The highest BCUT2D eigenvalue weighted by Gasteiger charge is 2.33. The van der Waals surface area contributed by atoms with Gasteiger partial charge in [-0.3, -0.25) is 14.6 Å². The van der Waals surface area contributed by atoms with Gasteiger partial charge in [-0.25, -0.2) is 0 Å². The summed E-state index contributed by atoms with van der Waals surface area (Å²) >= 11 is 0. The van der Waals surface area contributed by atoms with Gasteiger partial charge in [0.2, 0.25) is 5.91 Å². The van der Waals surface area contributed by atoms with E-state index in [4.69, 9.17) is 5.73 Å². The summed E-state index contributed by atoms with van der Waals surface area (Å²) in [6.45, 7) is -0.126. The van der Waals surface area contributed by atoms with Crippen LogP contribution >= 0.6 is 0 Å². The fraction of sp³-hybridized carbons (Fsp3) is 0.211. The van der Waals surface area contributed by atoms with Crippen molar-refractivity contribution in [3.05, 3.63) is 66.2 Å². The molecule has 0 spiro atoms. The molecule has 25 heavy (non-hydrogen) atoms. The smallest absolute Gasteiger partial charge is 0.270 e. The van der Waals surface area contributed by atoms with Crippen LogP contribution in [-0.4, -0.2) is 36.0 Å². The summed E-state index contributed by atoms with van der Waals surface area (Å²) in [4.78, 5) is 25.0. The number of carbonyl (C=O) groups is 2. The molecule has 0 radical (unpaired) electrons. The maximum absolute atomic E-state index is 12.6. The lowest BCUT2D eigenvalue weighted by Gasteiger charge is -2.23. The third-order valence-corrected chi connectivity index (χ3v) is 4.10. The van der Waals surface area contributed by atoms with Crippen molar-refractivity contribution in [2.45, 2.75) is 12.5 Å². The number of nitrogens with zero attached hydrogens (tertiary/aromatic N) is 3. The Hall–Kier alpha value is -3.15. The van der Waals surface area contributed by atoms with Crippen LogP contribution in [0.3, 0.4) is 0 Å². The first-order valence-electron chi connectivity index (χ1n) is 8.06. The molecule has 2 aromatic rings. The van der Waals surface area contributed by atoms with Crippen molar-refractivity contribution < 1.29 is 9.59 Å². The highest BCUT2D eigenvalue weighted by Crippen LogP contribution is 2.35. The summed E-state index contributed by atoms with van der Waals surface area (Å²) < 4.78 is 0. The molecule has 0 fully saturated rings. The van der Waals surface area contributed by atoms with Crippen LogP contribution in [0.15, 0.2) is 65.8 Å². The summed E-state index contributed by atoms with van der Waals surface area (Å²) in [6, 6.07) is 19.6. The summed E-state index contributed by atoms with van der Waals surface area (Å²) in [5.74, 6) is -0.827. The summed E-state index contributed by atoms with van der Waals surface area (Å²) in [5, 5.41) is 6.41. The molecule has 1 aliphatic heterocycles. The number of hydrogen-bond acceptors (Lipinski definition) is 4. The van der Waals surface area contributed by atoms with E-state index in [2.05, 4.69) is 5.10 Å². The molecule has 2 aromatic carbocycles. The van der Waals surface area contributed by atoms with Gasteiger partial charge in [-0.2, -0.15) is 5.10 Å². The third-order valence-electron chi connectivity index (χ3n) is 4.10. The van der Waals surface area contributed by atoms with Gasteiger partial charge in [0, 0.05) is 13.5 Å². The van der Waals surface area contributed by atoms with Crippen LogP contribution in [0.5, 0.6) is 0 Å². The Labute approximate surface area is 146 Å². The number of para-hydroxylation sites is 1. The molecule has 0 bridgehead atoms. The molecule has 0 saturated heterocycles. The first kappa shape index (κ1) is 16.7. The number of hydrazone groups is 1. The number of likely N-dealkylation sites (N-methyl/N-ethyl adjacent to an activating group) is 1. The lowest BCUT2D eigenvalue weighted by atomic mass is 10.0. The standard InChI is InChI=1S/C19H20N4O2/c1-22(13-18(20)24)19(25)16-12-17(14-8-4-2-5-9-14)23(21-16)15-10-6-3-7-11-15/h2-11,17H,12-13H2,1H3,(H2,20,24)/t17-/m0/s1. The van der Waals surface area contributed by atoms with E-state index in [0.29, 0.717) is 12.1 Å². The van der Waals surface area contributed by atoms with E-state index in [1.807, 2.05) is 65.7 Å². The normalized spacial score (nSPS) is 16.4. The van der Waals surface area contributed by atoms with Crippen molar-refractivity contribution in [3.63, 3.8) is 0 Å². The number of anilines is 1. The van der Waals surface area contributed by atoms with Gasteiger partial charge in [-0.15, -0.1) is 0 Å². The zero-order valence-electron chi connectivity index (χ0n) is 14.0. The molecule has 1 atom stereocenters. The van der Waals surface area contributed by atoms with Gasteiger partial charge in [0.25, 0.3) is 5.91 Å². The van der Waals surface area contributed by atoms with Crippen LogP contribution < -0.4 is 10.7 Å². The van der Waals surface area contributed by atoms with E-state index in [1.54, 1.807) is 7.05 Å². The second-order valence-electron chi connectivity index (χ2n) is 5.98. The number of primary amides is 1. The molecular formula is C19H20N4O2. The number of hydrogen-bond donors (Lipinski definition) is 1. The minimum absolute atomic E-state index is 0.0653. The first-order chi connectivity index (χ1) is 12.1. The number of rotatable bonds is 5. The van der Waals surface area contributed by atoms with Gasteiger partial charge in [0.15, 0.2) is 0 Å². The lowest BCUT2D eigenvalue weighted by Crippen LogP contribution is -2.38. The Bertz CT molecular complexity index is 790. The zero-order valence-corrected chi connectivity index (χ0v) is 14.0. The Balaban J connectivity index is 1.91. The largest absolute Gasteiger partial charge is 0.368 e. The van der Waals surface area contributed by atoms with Crippen LogP contribution in [0.25, 0.3) is 0 Å². The first-order valence-corrected chi connectivity index (χ1v) is 8.06. The average molecular weight is 336 g/mol. The van der Waals surface area contributed by atoms with Crippen molar-refractivity contribution in [2.75, 3.05) is 18.6 Å². The van der Waals surface area contributed by atoms with Crippen LogP contribution in [0.1, 0.15) is 18.0 Å². The molecule has 1 aliphatic rings. The molecule has 0 unspecified atom stereocenters. The number of amides is 2. The quantitative estimate of drug-likeness (QED) is 0.906. The Morgan fingerprint density at radius 2 is 1.72 bits per heavy atom. The molecule has 2 amide bonds. The van der Waals surface area contributed by atoms with Crippen LogP contribution in [-0.2, 0) is 9.59 Å². The predicted molar refractivity (Wildman–Crippen MR) is 97.0 cm³/mol. The van der Waals surface area contributed by atoms with Gasteiger partial charge < -0.3 is 10.6 Å². The molecule has 0 aliphatic carbocycles. The topological polar surface area (TPSA) is 79.0 Å². The van der Waals surface area contributed by atoms with E-state index in [1.165, 1.54) is 4.90 Å².